The van der Waals surface area contributed by atoms with Crippen LogP contribution in [-0.2, 0) is 0 Å². The van der Waals surface area contributed by atoms with Crippen LogP contribution in [0, 0.1) is 0 Å². The summed E-state index contributed by atoms with van der Waals surface area (Å²) in [5.41, 5.74) is 1.39. The summed E-state index contributed by atoms with van der Waals surface area (Å²) in [6, 6.07) is 0. The lowest BCUT2D eigenvalue weighted by atomic mass is 10.1. The fraction of sp³-hybridized carbons (Fsp3) is 0.500. The van der Waals surface area contributed by atoms with Crippen molar-refractivity contribution in [2.24, 2.45) is 5.14 Å². The van der Waals surface area contributed by atoms with Crippen LogP contribution in [0.4, 0.5) is 0 Å². The molecule has 1 heterocycles. The maximum absolute atomic E-state index is 5.51. The van der Waals surface area contributed by atoms with Crippen LogP contribution >= 0.6 is 11.9 Å². The number of allylic oxidation sites excluding steroid dienone is 2. The summed E-state index contributed by atoms with van der Waals surface area (Å²) in [6.07, 6.45) is 5.32. The Bertz CT molecular complexity index is 185. The molecule has 0 radical (unpaired) electrons. The lowest BCUT2D eigenvalue weighted by molar-refractivity contribution is 0.706. The second kappa shape index (κ2) is 4.59. The molecule has 0 amide bonds. The molecule has 1 aliphatic rings. The van der Waals surface area contributed by atoms with Crippen molar-refractivity contribution in [2.45, 2.75) is 13.3 Å². The lowest BCUT2D eigenvalue weighted by Crippen LogP contribution is -2.24. The van der Waals surface area contributed by atoms with Crippen molar-refractivity contribution >= 4 is 11.9 Å². The number of nitrogens with two attached hydrogens (primary N) is 1. The minimum Gasteiger partial charge on any atom is -0.312 e. The fourth-order valence-electron chi connectivity index (χ4n) is 1.17. The maximum Gasteiger partial charge on any atom is 0.0281 e. The van der Waals surface area contributed by atoms with E-state index in [1.54, 1.807) is 0 Å². The van der Waals surface area contributed by atoms with E-state index in [4.69, 9.17) is 5.14 Å². The quantitative estimate of drug-likeness (QED) is 0.615. The summed E-state index contributed by atoms with van der Waals surface area (Å²) in [7, 11) is 0. The van der Waals surface area contributed by atoms with Crippen molar-refractivity contribution < 1.29 is 0 Å². The molecule has 3 heteroatoms. The molecule has 3 N–H and O–H groups in total. The Morgan fingerprint density at radius 1 is 1.64 bits per heavy atom. The minimum absolute atomic E-state index is 0.931. The van der Waals surface area contributed by atoms with E-state index in [0.29, 0.717) is 0 Å². The van der Waals surface area contributed by atoms with Crippen LogP contribution in [0.5, 0.6) is 0 Å². The molecule has 1 rings (SSSR count). The van der Waals surface area contributed by atoms with E-state index in [0.717, 1.165) is 19.5 Å². The SMILES string of the molecule is C/C=C/C1=C(SN)CNCC1. The van der Waals surface area contributed by atoms with Crippen LogP contribution in [0.3, 0.4) is 0 Å². The largest absolute Gasteiger partial charge is 0.312 e. The second-order valence-corrected chi connectivity index (χ2v) is 3.22. The molecule has 1 aliphatic heterocycles. The van der Waals surface area contributed by atoms with Gasteiger partial charge in [0, 0.05) is 11.4 Å². The van der Waals surface area contributed by atoms with Gasteiger partial charge in [-0.25, -0.2) is 0 Å². The average Bonchev–Trinajstić information content (AvgIpc) is 2.06. The molecule has 62 valence electrons. The zero-order valence-corrected chi connectivity index (χ0v) is 7.58. The van der Waals surface area contributed by atoms with E-state index < -0.39 is 0 Å². The van der Waals surface area contributed by atoms with E-state index in [9.17, 15) is 0 Å². The Kier molecular flexibility index (Phi) is 3.69. The molecule has 2 nitrogen and oxygen atoms in total. The van der Waals surface area contributed by atoms with Gasteiger partial charge in [-0.3, -0.25) is 5.14 Å². The average molecular weight is 170 g/mol. The summed E-state index contributed by atoms with van der Waals surface area (Å²) in [6.45, 7) is 4.04. The summed E-state index contributed by atoms with van der Waals surface area (Å²) in [5, 5.41) is 8.79. The normalized spacial score (nSPS) is 19.8. The molecular weight excluding hydrogens is 156 g/mol. The zero-order valence-electron chi connectivity index (χ0n) is 6.76. The molecule has 0 saturated carbocycles. The lowest BCUT2D eigenvalue weighted by Gasteiger charge is -2.16. The summed E-state index contributed by atoms with van der Waals surface area (Å²) in [5.74, 6) is 0. The van der Waals surface area contributed by atoms with Crippen LogP contribution in [0.15, 0.2) is 22.6 Å². The summed E-state index contributed by atoms with van der Waals surface area (Å²) < 4.78 is 0. The van der Waals surface area contributed by atoms with E-state index in [-0.39, 0.29) is 0 Å². The third-order valence-corrected chi connectivity index (χ3v) is 2.42. The molecule has 0 aromatic carbocycles. The molecule has 0 spiro atoms. The van der Waals surface area contributed by atoms with Crippen LogP contribution < -0.4 is 10.5 Å². The summed E-state index contributed by atoms with van der Waals surface area (Å²) in [4.78, 5) is 1.27. The third-order valence-electron chi connectivity index (χ3n) is 1.72. The summed E-state index contributed by atoms with van der Waals surface area (Å²) >= 11 is 1.36. The van der Waals surface area contributed by atoms with Crippen LogP contribution in [0.1, 0.15) is 13.3 Å². The van der Waals surface area contributed by atoms with E-state index in [1.165, 1.54) is 22.4 Å². The predicted octanol–water partition coefficient (Wildman–Crippen LogP) is 1.42. The topological polar surface area (TPSA) is 38.0 Å². The molecule has 0 saturated heterocycles. The first-order valence-corrected chi connectivity index (χ1v) is 4.68. The molecule has 0 unspecified atom stereocenters. The number of hydrogen-bond donors (Lipinski definition) is 2. The highest BCUT2D eigenvalue weighted by Gasteiger charge is 2.08. The van der Waals surface area contributed by atoms with Gasteiger partial charge in [-0.1, -0.05) is 24.1 Å². The number of nitrogens with one attached hydrogen (secondary N) is 1. The number of rotatable bonds is 2. The Balaban J connectivity index is 2.72. The standard InChI is InChI=1S/C8H14N2S/c1-2-3-7-4-5-10-6-8(7)11-9/h2-3,10H,4-6,9H2,1H3/b3-2+. The monoisotopic (exact) mass is 170 g/mol. The minimum atomic E-state index is 0.931. The highest BCUT2D eigenvalue weighted by molar-refractivity contribution is 8.01. The Hall–Kier alpha value is -0.250. The highest BCUT2D eigenvalue weighted by Crippen LogP contribution is 2.20. The molecule has 0 atom stereocenters. The van der Waals surface area contributed by atoms with Crippen molar-refractivity contribution in [3.8, 4) is 0 Å². The smallest absolute Gasteiger partial charge is 0.0281 e. The fourth-order valence-corrected chi connectivity index (χ4v) is 1.68. The van der Waals surface area contributed by atoms with Gasteiger partial charge in [0.2, 0.25) is 0 Å². The van der Waals surface area contributed by atoms with Gasteiger partial charge in [-0.2, -0.15) is 0 Å². The molecule has 11 heavy (non-hydrogen) atoms. The first kappa shape index (κ1) is 8.84. The Morgan fingerprint density at radius 2 is 2.45 bits per heavy atom. The van der Waals surface area contributed by atoms with Crippen molar-refractivity contribution in [1.29, 1.82) is 0 Å². The van der Waals surface area contributed by atoms with E-state index in [1.807, 2.05) is 6.92 Å². The van der Waals surface area contributed by atoms with Crippen molar-refractivity contribution in [2.75, 3.05) is 13.1 Å². The van der Waals surface area contributed by atoms with Crippen LogP contribution in [0.25, 0.3) is 0 Å². The van der Waals surface area contributed by atoms with Gasteiger partial charge in [-0.15, -0.1) is 0 Å². The third kappa shape index (κ3) is 2.36. The molecular formula is C8H14N2S. The van der Waals surface area contributed by atoms with Crippen molar-refractivity contribution in [1.82, 2.24) is 5.32 Å². The molecule has 0 fully saturated rings. The first-order valence-electron chi connectivity index (χ1n) is 3.80. The molecule has 0 aromatic heterocycles. The van der Waals surface area contributed by atoms with Crippen molar-refractivity contribution in [3.05, 3.63) is 22.6 Å². The first-order chi connectivity index (χ1) is 5.38. The van der Waals surface area contributed by atoms with E-state index >= 15 is 0 Å². The number of hydrogen-bond acceptors (Lipinski definition) is 3. The van der Waals surface area contributed by atoms with Gasteiger partial charge < -0.3 is 5.32 Å². The molecule has 0 bridgehead atoms. The van der Waals surface area contributed by atoms with Gasteiger partial charge in [-0.05, 0) is 25.5 Å². The zero-order chi connectivity index (χ0) is 8.10. The van der Waals surface area contributed by atoms with Gasteiger partial charge in [0.15, 0.2) is 0 Å². The van der Waals surface area contributed by atoms with Gasteiger partial charge >= 0.3 is 0 Å². The predicted molar refractivity (Wildman–Crippen MR) is 51.1 cm³/mol. The van der Waals surface area contributed by atoms with Crippen LogP contribution in [0.2, 0.25) is 0 Å². The Morgan fingerprint density at radius 3 is 3.09 bits per heavy atom. The highest BCUT2D eigenvalue weighted by atomic mass is 32.2. The Labute approximate surface area is 72.1 Å². The van der Waals surface area contributed by atoms with E-state index in [2.05, 4.69) is 17.5 Å². The van der Waals surface area contributed by atoms with Gasteiger partial charge in [0.1, 0.15) is 0 Å². The van der Waals surface area contributed by atoms with Crippen molar-refractivity contribution in [3.63, 3.8) is 0 Å². The maximum atomic E-state index is 5.51. The second-order valence-electron chi connectivity index (χ2n) is 2.49. The van der Waals surface area contributed by atoms with Gasteiger partial charge in [0.25, 0.3) is 0 Å². The van der Waals surface area contributed by atoms with Gasteiger partial charge in [0.05, 0.1) is 0 Å². The molecule has 0 aromatic rings. The van der Waals surface area contributed by atoms with Crippen LogP contribution in [-0.4, -0.2) is 13.1 Å². The molecule has 0 aliphatic carbocycles.